The van der Waals surface area contributed by atoms with E-state index < -0.39 is 0 Å². The molecule has 0 radical (unpaired) electrons. The van der Waals surface area contributed by atoms with Gasteiger partial charge in [-0.05, 0) is 45.4 Å². The van der Waals surface area contributed by atoms with Crippen molar-refractivity contribution < 1.29 is 0 Å². The van der Waals surface area contributed by atoms with Gasteiger partial charge in [0.1, 0.15) is 0 Å². The lowest BCUT2D eigenvalue weighted by Crippen LogP contribution is -2.32. The first-order chi connectivity index (χ1) is 15.4. The number of rotatable bonds is 22. The van der Waals surface area contributed by atoms with E-state index in [4.69, 9.17) is 0 Å². The van der Waals surface area contributed by atoms with Crippen molar-refractivity contribution >= 4 is 17.0 Å². The van der Waals surface area contributed by atoms with Crippen molar-refractivity contribution in [2.75, 3.05) is 39.3 Å². The molecule has 0 saturated carbocycles. The van der Waals surface area contributed by atoms with Gasteiger partial charge in [0.05, 0.1) is 0 Å². The topological polar surface area (TPSA) is 6.48 Å². The van der Waals surface area contributed by atoms with Crippen LogP contribution in [0.25, 0.3) is 0 Å². The van der Waals surface area contributed by atoms with Gasteiger partial charge in [0.15, 0.2) is 0 Å². The molecule has 0 aliphatic carbocycles. The number of halogens is 1. The second-order valence-corrected chi connectivity index (χ2v) is 10.4. The Morgan fingerprint density at radius 1 is 0.375 bits per heavy atom. The van der Waals surface area contributed by atoms with Gasteiger partial charge in [0, 0.05) is 13.1 Å². The van der Waals surface area contributed by atoms with Crippen molar-refractivity contribution in [3.63, 3.8) is 0 Å². The third-order valence-electron chi connectivity index (χ3n) is 7.34. The first-order valence-electron chi connectivity index (χ1n) is 14.8. The van der Waals surface area contributed by atoms with Gasteiger partial charge in [-0.15, -0.1) is 17.0 Å². The number of nitrogens with zero attached hydrogens (tertiary/aromatic N) is 2. The molecule has 0 N–H and O–H groups in total. The quantitative estimate of drug-likeness (QED) is 0.132. The zero-order valence-corrected chi connectivity index (χ0v) is 24.1. The van der Waals surface area contributed by atoms with Crippen LogP contribution < -0.4 is 0 Å². The Kier molecular flexibility index (Phi) is 26.3. The minimum absolute atomic E-state index is 0. The van der Waals surface area contributed by atoms with Gasteiger partial charge in [-0.25, -0.2) is 0 Å². The maximum atomic E-state index is 2.75. The average molecular weight is 518 g/mol. The molecular weight excluding hydrogens is 456 g/mol. The molecule has 1 saturated heterocycles. The summed E-state index contributed by atoms with van der Waals surface area (Å²) in [4.78, 5) is 5.51. The molecule has 0 aromatic heterocycles. The molecular formula is C29H61BrN2. The molecule has 1 fully saturated rings. The standard InChI is InChI=1S/C29H60N2.BrH/c1-3-5-7-9-11-13-15-17-19-21-24-30-26-23-27-31(29-28-30)25-22-20-18-16-14-12-10-8-6-4-2;/h3-29H2,1-2H3;1H. The molecule has 0 aromatic carbocycles. The largest absolute Gasteiger partial charge is 0.302 e. The van der Waals surface area contributed by atoms with E-state index in [1.807, 2.05) is 0 Å². The van der Waals surface area contributed by atoms with E-state index in [-0.39, 0.29) is 17.0 Å². The Bertz CT molecular complexity index is 318. The second-order valence-electron chi connectivity index (χ2n) is 10.4. The summed E-state index contributed by atoms with van der Waals surface area (Å²) in [7, 11) is 0. The van der Waals surface area contributed by atoms with Gasteiger partial charge in [0.2, 0.25) is 0 Å². The predicted molar refractivity (Wildman–Crippen MR) is 152 cm³/mol. The van der Waals surface area contributed by atoms with Crippen molar-refractivity contribution in [2.24, 2.45) is 0 Å². The Hall–Kier alpha value is 0.400. The lowest BCUT2D eigenvalue weighted by atomic mass is 10.1. The van der Waals surface area contributed by atoms with Crippen molar-refractivity contribution in [3.8, 4) is 0 Å². The molecule has 0 amide bonds. The van der Waals surface area contributed by atoms with Crippen LogP contribution in [-0.2, 0) is 0 Å². The fourth-order valence-electron chi connectivity index (χ4n) is 5.12. The van der Waals surface area contributed by atoms with Crippen LogP contribution in [0.3, 0.4) is 0 Å². The molecule has 1 heterocycles. The van der Waals surface area contributed by atoms with E-state index in [2.05, 4.69) is 23.6 Å². The highest BCUT2D eigenvalue weighted by atomic mass is 79.9. The summed E-state index contributed by atoms with van der Waals surface area (Å²) in [5, 5.41) is 0. The summed E-state index contributed by atoms with van der Waals surface area (Å²) >= 11 is 0. The second kappa shape index (κ2) is 26.0. The van der Waals surface area contributed by atoms with Gasteiger partial charge < -0.3 is 9.80 Å². The van der Waals surface area contributed by atoms with Crippen molar-refractivity contribution in [2.45, 2.75) is 149 Å². The van der Waals surface area contributed by atoms with Crippen LogP contribution in [0.4, 0.5) is 0 Å². The van der Waals surface area contributed by atoms with E-state index in [0.717, 1.165) is 0 Å². The minimum atomic E-state index is 0. The highest BCUT2D eigenvalue weighted by molar-refractivity contribution is 8.93. The van der Waals surface area contributed by atoms with Gasteiger partial charge in [-0.1, -0.05) is 129 Å². The average Bonchev–Trinajstić information content (AvgIpc) is 3.01. The Balaban J connectivity index is 0.00000961. The molecule has 194 valence electrons. The Labute approximate surface area is 214 Å². The predicted octanol–water partition coefficient (Wildman–Crippen LogP) is 9.41. The summed E-state index contributed by atoms with van der Waals surface area (Å²) in [5.41, 5.74) is 0. The van der Waals surface area contributed by atoms with Crippen LogP contribution in [0.2, 0.25) is 0 Å². The van der Waals surface area contributed by atoms with Crippen molar-refractivity contribution in [3.05, 3.63) is 0 Å². The van der Waals surface area contributed by atoms with Crippen LogP contribution >= 0.6 is 17.0 Å². The highest BCUT2D eigenvalue weighted by Crippen LogP contribution is 2.13. The van der Waals surface area contributed by atoms with E-state index in [1.54, 1.807) is 0 Å². The first-order valence-corrected chi connectivity index (χ1v) is 14.8. The third kappa shape index (κ3) is 21.0. The van der Waals surface area contributed by atoms with E-state index >= 15 is 0 Å². The summed E-state index contributed by atoms with van der Waals surface area (Å²) in [6.07, 6.45) is 30.4. The lowest BCUT2D eigenvalue weighted by molar-refractivity contribution is 0.249. The van der Waals surface area contributed by atoms with Gasteiger partial charge >= 0.3 is 0 Å². The monoisotopic (exact) mass is 516 g/mol. The van der Waals surface area contributed by atoms with Gasteiger partial charge in [-0.2, -0.15) is 0 Å². The molecule has 3 heteroatoms. The highest BCUT2D eigenvalue weighted by Gasteiger charge is 2.13. The normalized spacial score (nSPS) is 15.6. The van der Waals surface area contributed by atoms with Crippen molar-refractivity contribution in [1.82, 2.24) is 9.80 Å². The number of hydrogen-bond acceptors (Lipinski definition) is 2. The Morgan fingerprint density at radius 3 is 0.969 bits per heavy atom. The first kappa shape index (κ1) is 32.4. The van der Waals surface area contributed by atoms with Crippen LogP contribution in [0.15, 0.2) is 0 Å². The van der Waals surface area contributed by atoms with Crippen LogP contribution in [0.1, 0.15) is 149 Å². The van der Waals surface area contributed by atoms with Crippen LogP contribution in [0.5, 0.6) is 0 Å². The SMILES string of the molecule is Br.CCCCCCCCCCCCN1CCCN(CCCCCCCCCCCC)CC1. The van der Waals surface area contributed by atoms with Gasteiger partial charge in [0.25, 0.3) is 0 Å². The minimum Gasteiger partial charge on any atom is -0.302 e. The molecule has 32 heavy (non-hydrogen) atoms. The zero-order chi connectivity index (χ0) is 22.2. The van der Waals surface area contributed by atoms with Crippen molar-refractivity contribution in [1.29, 1.82) is 0 Å². The molecule has 0 unspecified atom stereocenters. The molecule has 1 aliphatic rings. The summed E-state index contributed by atoms with van der Waals surface area (Å²) in [5.74, 6) is 0. The molecule has 1 aliphatic heterocycles. The van der Waals surface area contributed by atoms with Crippen LogP contribution in [-0.4, -0.2) is 49.1 Å². The molecule has 0 aromatic rings. The lowest BCUT2D eigenvalue weighted by Gasteiger charge is -2.21. The summed E-state index contributed by atoms with van der Waals surface area (Å²) < 4.78 is 0. The fourth-order valence-corrected chi connectivity index (χ4v) is 5.12. The Morgan fingerprint density at radius 2 is 0.656 bits per heavy atom. The summed E-state index contributed by atoms with van der Waals surface area (Å²) in [6, 6.07) is 0. The van der Waals surface area contributed by atoms with E-state index in [1.165, 1.54) is 174 Å². The smallest absolute Gasteiger partial charge is 0.0109 e. The van der Waals surface area contributed by atoms with E-state index in [9.17, 15) is 0 Å². The van der Waals surface area contributed by atoms with E-state index in [0.29, 0.717) is 0 Å². The molecule has 1 rings (SSSR count). The third-order valence-corrected chi connectivity index (χ3v) is 7.34. The number of hydrogen-bond donors (Lipinski definition) is 0. The van der Waals surface area contributed by atoms with Crippen LogP contribution in [0, 0.1) is 0 Å². The molecule has 2 nitrogen and oxygen atoms in total. The zero-order valence-electron chi connectivity index (χ0n) is 22.4. The summed E-state index contributed by atoms with van der Waals surface area (Å²) in [6.45, 7) is 12.6. The van der Waals surface area contributed by atoms with Gasteiger partial charge in [-0.3, -0.25) is 0 Å². The molecule has 0 bridgehead atoms. The maximum absolute atomic E-state index is 2.75. The number of unbranched alkanes of at least 4 members (excludes halogenated alkanes) is 18. The molecule has 0 spiro atoms. The molecule has 0 atom stereocenters. The fraction of sp³-hybridized carbons (Fsp3) is 1.00. The maximum Gasteiger partial charge on any atom is 0.0109 e.